The molecule has 0 spiro atoms. The van der Waals surface area contributed by atoms with Crippen molar-refractivity contribution in [2.45, 2.75) is 19.8 Å². The van der Waals surface area contributed by atoms with Crippen molar-refractivity contribution in [2.24, 2.45) is 0 Å². The number of aliphatic hydroxyl groups is 1. The van der Waals surface area contributed by atoms with Crippen LogP contribution >= 0.6 is 15.9 Å². The molecule has 1 rings (SSSR count). The maximum Gasteiger partial charge on any atom is 0.0434 e. The minimum absolute atomic E-state index is 0.270. The van der Waals surface area contributed by atoms with Gasteiger partial charge in [0.1, 0.15) is 0 Å². The van der Waals surface area contributed by atoms with Crippen molar-refractivity contribution in [2.75, 3.05) is 6.61 Å². The van der Waals surface area contributed by atoms with Gasteiger partial charge < -0.3 is 5.11 Å². The normalized spacial score (nSPS) is 10.2. The van der Waals surface area contributed by atoms with Crippen molar-refractivity contribution in [3.63, 3.8) is 0 Å². The van der Waals surface area contributed by atoms with Crippen LogP contribution in [0.2, 0.25) is 0 Å². The minimum atomic E-state index is 0.270. The van der Waals surface area contributed by atoms with Crippen LogP contribution in [0.25, 0.3) is 0 Å². The molecule has 0 unspecified atom stereocenters. The fourth-order valence-corrected chi connectivity index (χ4v) is 1.59. The highest BCUT2D eigenvalue weighted by Gasteiger charge is 1.98. The molecule has 0 saturated heterocycles. The average molecular weight is 229 g/mol. The van der Waals surface area contributed by atoms with Gasteiger partial charge in [0.15, 0.2) is 0 Å². The fourth-order valence-electron chi connectivity index (χ4n) is 1.18. The maximum absolute atomic E-state index is 8.68. The highest BCUT2D eigenvalue weighted by molar-refractivity contribution is 9.10. The van der Waals surface area contributed by atoms with E-state index in [2.05, 4.69) is 35.0 Å². The van der Waals surface area contributed by atoms with E-state index in [1.807, 2.05) is 6.07 Å². The molecule has 0 aliphatic heterocycles. The second-order valence-electron chi connectivity index (χ2n) is 2.90. The van der Waals surface area contributed by atoms with Gasteiger partial charge in [-0.3, -0.25) is 0 Å². The SMILES string of the molecule is Cc1ccc(Br)cc1CCCO. The Morgan fingerprint density at radius 1 is 1.42 bits per heavy atom. The Hall–Kier alpha value is -0.340. The topological polar surface area (TPSA) is 20.2 Å². The molecule has 0 bridgehead atoms. The number of benzene rings is 1. The third kappa shape index (κ3) is 2.61. The molecule has 1 aromatic rings. The summed E-state index contributed by atoms with van der Waals surface area (Å²) >= 11 is 3.43. The molecule has 2 heteroatoms. The van der Waals surface area contributed by atoms with Gasteiger partial charge in [-0.25, -0.2) is 0 Å². The van der Waals surface area contributed by atoms with Gasteiger partial charge in [0.05, 0.1) is 0 Å². The van der Waals surface area contributed by atoms with Crippen molar-refractivity contribution in [1.29, 1.82) is 0 Å². The van der Waals surface area contributed by atoms with E-state index < -0.39 is 0 Å². The number of rotatable bonds is 3. The molecule has 66 valence electrons. The molecule has 1 nitrogen and oxygen atoms in total. The zero-order valence-electron chi connectivity index (χ0n) is 7.18. The van der Waals surface area contributed by atoms with Crippen LogP contribution in [0.1, 0.15) is 17.5 Å². The average Bonchev–Trinajstić information content (AvgIpc) is 2.07. The Balaban J connectivity index is 2.75. The third-order valence-electron chi connectivity index (χ3n) is 1.92. The number of hydrogen-bond donors (Lipinski definition) is 1. The van der Waals surface area contributed by atoms with Gasteiger partial charge >= 0.3 is 0 Å². The summed E-state index contributed by atoms with van der Waals surface area (Å²) < 4.78 is 1.11. The number of aryl methyl sites for hydroxylation is 2. The van der Waals surface area contributed by atoms with E-state index in [-0.39, 0.29) is 6.61 Å². The largest absolute Gasteiger partial charge is 0.396 e. The highest BCUT2D eigenvalue weighted by Crippen LogP contribution is 2.17. The molecule has 0 fully saturated rings. The maximum atomic E-state index is 8.68. The lowest BCUT2D eigenvalue weighted by atomic mass is 10.0. The lowest BCUT2D eigenvalue weighted by Crippen LogP contribution is -1.92. The first-order valence-corrected chi connectivity index (χ1v) is 4.89. The van der Waals surface area contributed by atoms with Gasteiger partial charge in [0, 0.05) is 11.1 Å². The fraction of sp³-hybridized carbons (Fsp3) is 0.400. The van der Waals surface area contributed by atoms with Crippen LogP contribution in [-0.4, -0.2) is 11.7 Å². The molecule has 1 aromatic carbocycles. The summed E-state index contributed by atoms with van der Waals surface area (Å²) in [5.41, 5.74) is 2.62. The third-order valence-corrected chi connectivity index (χ3v) is 2.41. The molecule has 0 atom stereocenters. The van der Waals surface area contributed by atoms with Crippen LogP contribution in [0.3, 0.4) is 0 Å². The van der Waals surface area contributed by atoms with Gasteiger partial charge in [0.2, 0.25) is 0 Å². The van der Waals surface area contributed by atoms with Crippen molar-refractivity contribution < 1.29 is 5.11 Å². The monoisotopic (exact) mass is 228 g/mol. The zero-order chi connectivity index (χ0) is 8.97. The summed E-state index contributed by atoms with van der Waals surface area (Å²) in [6.07, 6.45) is 1.80. The number of halogens is 1. The second-order valence-corrected chi connectivity index (χ2v) is 3.81. The van der Waals surface area contributed by atoms with E-state index in [0.29, 0.717) is 0 Å². The Morgan fingerprint density at radius 2 is 2.17 bits per heavy atom. The molecule has 0 radical (unpaired) electrons. The first kappa shape index (κ1) is 9.75. The van der Waals surface area contributed by atoms with E-state index >= 15 is 0 Å². The Morgan fingerprint density at radius 3 is 2.83 bits per heavy atom. The molecule has 0 amide bonds. The Bertz CT molecular complexity index is 258. The summed E-state index contributed by atoms with van der Waals surface area (Å²) in [5, 5.41) is 8.68. The first-order chi connectivity index (χ1) is 5.74. The number of hydrogen-bond acceptors (Lipinski definition) is 1. The van der Waals surface area contributed by atoms with E-state index in [1.54, 1.807) is 0 Å². The summed E-state index contributed by atoms with van der Waals surface area (Å²) in [7, 11) is 0. The molecule has 0 aliphatic carbocycles. The predicted molar refractivity (Wildman–Crippen MR) is 54.3 cm³/mol. The van der Waals surface area contributed by atoms with Gasteiger partial charge in [-0.15, -0.1) is 0 Å². The molecule has 0 saturated carbocycles. The van der Waals surface area contributed by atoms with Crippen LogP contribution in [-0.2, 0) is 6.42 Å². The summed E-state index contributed by atoms with van der Waals surface area (Å²) in [4.78, 5) is 0. The van der Waals surface area contributed by atoms with E-state index in [0.717, 1.165) is 17.3 Å². The molecule has 12 heavy (non-hydrogen) atoms. The van der Waals surface area contributed by atoms with Crippen molar-refractivity contribution in [3.8, 4) is 0 Å². The van der Waals surface area contributed by atoms with E-state index in [9.17, 15) is 0 Å². The summed E-state index contributed by atoms with van der Waals surface area (Å²) in [6, 6.07) is 6.25. The Kier molecular flexibility index (Phi) is 3.76. The van der Waals surface area contributed by atoms with Crippen molar-refractivity contribution in [3.05, 3.63) is 33.8 Å². The van der Waals surface area contributed by atoms with Gasteiger partial charge in [0.25, 0.3) is 0 Å². The van der Waals surface area contributed by atoms with Crippen LogP contribution in [0, 0.1) is 6.92 Å². The van der Waals surface area contributed by atoms with Crippen molar-refractivity contribution >= 4 is 15.9 Å². The van der Waals surface area contributed by atoms with Crippen LogP contribution in [0.15, 0.2) is 22.7 Å². The van der Waals surface area contributed by atoms with Crippen LogP contribution in [0.4, 0.5) is 0 Å². The smallest absolute Gasteiger partial charge is 0.0434 e. The predicted octanol–water partition coefficient (Wildman–Crippen LogP) is 2.68. The zero-order valence-corrected chi connectivity index (χ0v) is 8.76. The lowest BCUT2D eigenvalue weighted by Gasteiger charge is -2.04. The first-order valence-electron chi connectivity index (χ1n) is 4.10. The highest BCUT2D eigenvalue weighted by atomic mass is 79.9. The molecule has 0 aliphatic rings. The van der Waals surface area contributed by atoms with Gasteiger partial charge in [-0.1, -0.05) is 22.0 Å². The molecular weight excluding hydrogens is 216 g/mol. The number of aliphatic hydroxyl groups excluding tert-OH is 1. The molecular formula is C10H13BrO. The molecule has 0 heterocycles. The molecule has 0 aromatic heterocycles. The van der Waals surface area contributed by atoms with E-state index in [1.165, 1.54) is 11.1 Å². The van der Waals surface area contributed by atoms with Crippen LogP contribution < -0.4 is 0 Å². The second kappa shape index (κ2) is 4.63. The summed E-state index contributed by atoms with van der Waals surface area (Å²) in [5.74, 6) is 0. The van der Waals surface area contributed by atoms with E-state index in [4.69, 9.17) is 5.11 Å². The van der Waals surface area contributed by atoms with Gasteiger partial charge in [-0.05, 0) is 43.0 Å². The Labute approximate surface area is 81.6 Å². The van der Waals surface area contributed by atoms with Gasteiger partial charge in [-0.2, -0.15) is 0 Å². The summed E-state index contributed by atoms with van der Waals surface area (Å²) in [6.45, 7) is 2.37. The quantitative estimate of drug-likeness (QED) is 0.844. The minimum Gasteiger partial charge on any atom is -0.396 e. The molecule has 1 N–H and O–H groups in total. The standard InChI is InChI=1S/C10H13BrO/c1-8-4-5-10(11)7-9(8)3-2-6-12/h4-5,7,12H,2-3,6H2,1H3. The lowest BCUT2D eigenvalue weighted by molar-refractivity contribution is 0.288. The van der Waals surface area contributed by atoms with Crippen LogP contribution in [0.5, 0.6) is 0 Å². The van der Waals surface area contributed by atoms with Crippen molar-refractivity contribution in [1.82, 2.24) is 0 Å².